The van der Waals surface area contributed by atoms with Gasteiger partial charge in [0, 0.05) is 20.0 Å². The minimum atomic E-state index is -3.77. The van der Waals surface area contributed by atoms with Crippen LogP contribution in [0.15, 0.2) is 78.9 Å². The topological polar surface area (TPSA) is 86.8 Å². The molecule has 3 rings (SSSR count). The van der Waals surface area contributed by atoms with Crippen molar-refractivity contribution < 1.29 is 18.0 Å². The number of anilines is 1. The van der Waals surface area contributed by atoms with Crippen LogP contribution < -0.4 is 9.62 Å². The standard InChI is InChI=1S/C28H33N3O4S/c1-21-15-16-25(17-22(21)2)31(36(4,34)35)20-27(32)30(19-24-13-9-6-10-14-24)26(28(33)29-3)18-23-11-7-5-8-12-23/h5-17,26H,18-20H2,1-4H3,(H,29,33)/t26-/m0/s1. The molecule has 36 heavy (non-hydrogen) atoms. The zero-order valence-corrected chi connectivity index (χ0v) is 22.0. The van der Waals surface area contributed by atoms with Gasteiger partial charge in [0.1, 0.15) is 12.6 Å². The highest BCUT2D eigenvalue weighted by Gasteiger charge is 2.32. The van der Waals surface area contributed by atoms with Crippen LogP contribution in [0.25, 0.3) is 0 Å². The van der Waals surface area contributed by atoms with Crippen molar-refractivity contribution in [2.24, 2.45) is 0 Å². The highest BCUT2D eigenvalue weighted by molar-refractivity contribution is 7.92. The maximum atomic E-state index is 13.8. The van der Waals surface area contributed by atoms with Crippen molar-refractivity contribution in [2.75, 3.05) is 24.2 Å². The van der Waals surface area contributed by atoms with Gasteiger partial charge in [0.25, 0.3) is 0 Å². The van der Waals surface area contributed by atoms with Crippen molar-refractivity contribution >= 4 is 27.5 Å². The van der Waals surface area contributed by atoms with Crippen molar-refractivity contribution in [1.82, 2.24) is 10.2 Å². The highest BCUT2D eigenvalue weighted by atomic mass is 32.2. The Kier molecular flexibility index (Phi) is 8.88. The van der Waals surface area contributed by atoms with Crippen LogP contribution in [-0.4, -0.2) is 51.0 Å². The molecule has 0 spiro atoms. The average molecular weight is 508 g/mol. The summed E-state index contributed by atoms with van der Waals surface area (Å²) in [5, 5.41) is 2.67. The number of sulfonamides is 1. The average Bonchev–Trinajstić information content (AvgIpc) is 2.86. The van der Waals surface area contributed by atoms with Gasteiger partial charge in [-0.3, -0.25) is 13.9 Å². The number of hydrogen-bond acceptors (Lipinski definition) is 4. The normalized spacial score (nSPS) is 12.0. The van der Waals surface area contributed by atoms with Crippen LogP contribution in [0.2, 0.25) is 0 Å². The molecule has 1 atom stereocenters. The van der Waals surface area contributed by atoms with Gasteiger partial charge in [0.2, 0.25) is 21.8 Å². The minimum absolute atomic E-state index is 0.162. The van der Waals surface area contributed by atoms with E-state index < -0.39 is 28.5 Å². The quantitative estimate of drug-likeness (QED) is 0.455. The molecule has 3 aromatic rings. The monoisotopic (exact) mass is 507 g/mol. The first-order valence-corrected chi connectivity index (χ1v) is 13.6. The molecule has 2 amide bonds. The molecule has 190 valence electrons. The van der Waals surface area contributed by atoms with E-state index in [0.717, 1.165) is 32.8 Å². The van der Waals surface area contributed by atoms with E-state index in [1.165, 1.54) is 11.9 Å². The summed E-state index contributed by atoms with van der Waals surface area (Å²) in [5.41, 5.74) is 4.08. The van der Waals surface area contributed by atoms with Crippen LogP contribution >= 0.6 is 0 Å². The van der Waals surface area contributed by atoms with Crippen LogP contribution in [0, 0.1) is 13.8 Å². The Morgan fingerprint density at radius 3 is 1.97 bits per heavy atom. The molecule has 0 aliphatic carbocycles. The van der Waals surface area contributed by atoms with E-state index in [2.05, 4.69) is 5.32 Å². The molecule has 0 fully saturated rings. The van der Waals surface area contributed by atoms with E-state index >= 15 is 0 Å². The number of nitrogens with zero attached hydrogens (tertiary/aromatic N) is 2. The molecule has 0 unspecified atom stereocenters. The largest absolute Gasteiger partial charge is 0.357 e. The molecule has 8 heteroatoms. The predicted molar refractivity (Wildman–Crippen MR) is 143 cm³/mol. The number of amides is 2. The summed E-state index contributed by atoms with van der Waals surface area (Å²) in [5.74, 6) is -0.785. The molecule has 0 heterocycles. The smallest absolute Gasteiger partial charge is 0.244 e. The van der Waals surface area contributed by atoms with Gasteiger partial charge < -0.3 is 10.2 Å². The van der Waals surface area contributed by atoms with Crippen LogP contribution in [0.4, 0.5) is 5.69 Å². The molecule has 0 saturated carbocycles. The number of hydrogen-bond donors (Lipinski definition) is 1. The minimum Gasteiger partial charge on any atom is -0.357 e. The third-order valence-corrected chi connectivity index (χ3v) is 7.31. The molecule has 3 aromatic carbocycles. The zero-order chi connectivity index (χ0) is 26.3. The molecule has 0 aliphatic heterocycles. The van der Waals surface area contributed by atoms with Gasteiger partial charge in [-0.05, 0) is 48.2 Å². The lowest BCUT2D eigenvalue weighted by Gasteiger charge is -2.33. The van der Waals surface area contributed by atoms with Crippen LogP contribution in [-0.2, 0) is 32.6 Å². The van der Waals surface area contributed by atoms with E-state index in [1.807, 2.05) is 80.6 Å². The first-order valence-electron chi connectivity index (χ1n) is 11.7. The van der Waals surface area contributed by atoms with Crippen molar-refractivity contribution in [3.63, 3.8) is 0 Å². The lowest BCUT2D eigenvalue weighted by atomic mass is 10.0. The lowest BCUT2D eigenvalue weighted by molar-refractivity contribution is -0.139. The molecular weight excluding hydrogens is 474 g/mol. The van der Waals surface area contributed by atoms with Gasteiger partial charge in [-0.25, -0.2) is 8.42 Å². The Hall–Kier alpha value is -3.65. The Balaban J connectivity index is 2.01. The fourth-order valence-corrected chi connectivity index (χ4v) is 4.84. The summed E-state index contributed by atoms with van der Waals surface area (Å²) < 4.78 is 26.6. The van der Waals surface area contributed by atoms with E-state index in [4.69, 9.17) is 0 Å². The van der Waals surface area contributed by atoms with E-state index in [-0.39, 0.29) is 12.5 Å². The summed E-state index contributed by atoms with van der Waals surface area (Å²) >= 11 is 0. The van der Waals surface area contributed by atoms with E-state index in [0.29, 0.717) is 12.1 Å². The fourth-order valence-electron chi connectivity index (χ4n) is 4.00. The molecule has 1 N–H and O–H groups in total. The summed E-state index contributed by atoms with van der Waals surface area (Å²) in [6, 6.07) is 23.3. The summed E-state index contributed by atoms with van der Waals surface area (Å²) in [6.07, 6.45) is 1.37. The Morgan fingerprint density at radius 2 is 1.44 bits per heavy atom. The second-order valence-electron chi connectivity index (χ2n) is 8.87. The number of rotatable bonds is 10. The number of aryl methyl sites for hydroxylation is 2. The molecule has 7 nitrogen and oxygen atoms in total. The van der Waals surface area contributed by atoms with Crippen molar-refractivity contribution in [3.05, 3.63) is 101 Å². The molecule has 0 aliphatic rings. The van der Waals surface area contributed by atoms with E-state index in [9.17, 15) is 18.0 Å². The maximum Gasteiger partial charge on any atom is 0.244 e. The molecule has 0 aromatic heterocycles. The highest BCUT2D eigenvalue weighted by Crippen LogP contribution is 2.23. The molecule has 0 bridgehead atoms. The lowest BCUT2D eigenvalue weighted by Crippen LogP contribution is -2.52. The third-order valence-electron chi connectivity index (χ3n) is 6.17. The van der Waals surface area contributed by atoms with Gasteiger partial charge >= 0.3 is 0 Å². The second kappa shape index (κ2) is 11.9. The van der Waals surface area contributed by atoms with Crippen LogP contribution in [0.1, 0.15) is 22.3 Å². The van der Waals surface area contributed by atoms with Crippen LogP contribution in [0.5, 0.6) is 0 Å². The summed E-state index contributed by atoms with van der Waals surface area (Å²) in [4.78, 5) is 28.3. The second-order valence-corrected chi connectivity index (χ2v) is 10.8. The van der Waals surface area contributed by atoms with Crippen molar-refractivity contribution in [1.29, 1.82) is 0 Å². The van der Waals surface area contributed by atoms with Gasteiger partial charge in [0.15, 0.2) is 0 Å². The van der Waals surface area contributed by atoms with Crippen LogP contribution in [0.3, 0.4) is 0 Å². The van der Waals surface area contributed by atoms with E-state index in [1.54, 1.807) is 12.1 Å². The number of carbonyl (C=O) groups excluding carboxylic acids is 2. The molecular formula is C28H33N3O4S. The fraction of sp³-hybridized carbons (Fsp3) is 0.286. The number of likely N-dealkylation sites (N-methyl/N-ethyl adjacent to an activating group) is 1. The molecule has 0 radical (unpaired) electrons. The van der Waals surface area contributed by atoms with Gasteiger partial charge in [0.05, 0.1) is 11.9 Å². The Morgan fingerprint density at radius 1 is 0.861 bits per heavy atom. The third kappa shape index (κ3) is 6.95. The zero-order valence-electron chi connectivity index (χ0n) is 21.1. The van der Waals surface area contributed by atoms with Gasteiger partial charge in [-0.15, -0.1) is 0 Å². The first-order chi connectivity index (χ1) is 17.1. The number of carbonyl (C=O) groups is 2. The van der Waals surface area contributed by atoms with Crippen molar-refractivity contribution in [2.45, 2.75) is 32.9 Å². The van der Waals surface area contributed by atoms with Gasteiger partial charge in [-0.1, -0.05) is 66.7 Å². The number of nitrogens with one attached hydrogen (secondary N) is 1. The summed E-state index contributed by atoms with van der Waals surface area (Å²) in [6.45, 7) is 3.57. The number of benzene rings is 3. The maximum absolute atomic E-state index is 13.8. The Bertz CT molecular complexity index is 1290. The first kappa shape index (κ1) is 26.9. The Labute approximate surface area is 213 Å². The van der Waals surface area contributed by atoms with Crippen molar-refractivity contribution in [3.8, 4) is 0 Å². The molecule has 0 saturated heterocycles. The van der Waals surface area contributed by atoms with Gasteiger partial charge in [-0.2, -0.15) is 0 Å². The predicted octanol–water partition coefficient (Wildman–Crippen LogP) is 3.46. The SMILES string of the molecule is CNC(=O)[C@H](Cc1ccccc1)N(Cc1ccccc1)C(=O)CN(c1ccc(C)c(C)c1)S(C)(=O)=O. The summed E-state index contributed by atoms with van der Waals surface area (Å²) in [7, 11) is -2.24.